The van der Waals surface area contributed by atoms with Crippen molar-refractivity contribution < 1.29 is 41.4 Å². The topological polar surface area (TPSA) is 101 Å². The monoisotopic (exact) mass is 555 g/mol. The molecule has 0 aliphatic carbocycles. The quantitative estimate of drug-likeness (QED) is 0.316. The van der Waals surface area contributed by atoms with Gasteiger partial charge in [0.05, 0.1) is 49.2 Å². The van der Waals surface area contributed by atoms with Crippen molar-refractivity contribution in [2.45, 2.75) is 24.6 Å². The van der Waals surface area contributed by atoms with Crippen molar-refractivity contribution in [3.05, 3.63) is 77.1 Å². The molecule has 3 aromatic rings. The van der Waals surface area contributed by atoms with Gasteiger partial charge in [0.25, 0.3) is 0 Å². The fourth-order valence-electron chi connectivity index (χ4n) is 4.82. The molecule has 1 amide bonds. The van der Waals surface area contributed by atoms with Crippen LogP contribution in [-0.2, 0) is 14.3 Å². The summed E-state index contributed by atoms with van der Waals surface area (Å²) in [5, 5.41) is 11.8. The summed E-state index contributed by atoms with van der Waals surface area (Å²) < 4.78 is 72.0. The van der Waals surface area contributed by atoms with E-state index in [0.29, 0.717) is 10.5 Å². The number of halogens is 4. The highest BCUT2D eigenvalue weighted by molar-refractivity contribution is 5.98. The predicted octanol–water partition coefficient (Wildman–Crippen LogP) is 5.51. The number of fused-ring (bicyclic) bond motifs is 2. The van der Waals surface area contributed by atoms with Gasteiger partial charge in [-0.05, 0) is 30.3 Å². The van der Waals surface area contributed by atoms with E-state index in [-0.39, 0.29) is 65.2 Å². The molecule has 0 fully saturated rings. The molecule has 2 heterocycles. The molecule has 0 saturated carbocycles. The molecule has 2 atom stereocenters. The Labute approximate surface area is 225 Å². The lowest BCUT2D eigenvalue weighted by Gasteiger charge is -2.29. The second-order valence-electron chi connectivity index (χ2n) is 9.17. The molecule has 0 saturated heterocycles. The van der Waals surface area contributed by atoms with Crippen molar-refractivity contribution in [1.82, 2.24) is 0 Å². The molecule has 2 aliphatic heterocycles. The minimum absolute atomic E-state index is 0.0277. The van der Waals surface area contributed by atoms with Gasteiger partial charge in [-0.2, -0.15) is 18.4 Å². The van der Waals surface area contributed by atoms with Gasteiger partial charge in [0.2, 0.25) is 0 Å². The summed E-state index contributed by atoms with van der Waals surface area (Å²) in [6.45, 7) is -0.161. The number of alkyl halides is 3. The van der Waals surface area contributed by atoms with Gasteiger partial charge >= 0.3 is 18.1 Å². The van der Waals surface area contributed by atoms with Crippen LogP contribution in [0, 0.1) is 17.1 Å². The molecule has 3 aromatic carbocycles. The second-order valence-corrected chi connectivity index (χ2v) is 9.17. The first kappa shape index (κ1) is 26.8. The molecule has 1 N–H and O–H groups in total. The molecule has 0 unspecified atom stereocenters. The van der Waals surface area contributed by atoms with Gasteiger partial charge in [-0.15, -0.1) is 0 Å². The Morgan fingerprint density at radius 3 is 2.58 bits per heavy atom. The number of methoxy groups -OCH3 is 1. The molecule has 206 valence electrons. The van der Waals surface area contributed by atoms with E-state index in [9.17, 15) is 27.2 Å². The van der Waals surface area contributed by atoms with Gasteiger partial charge in [0.15, 0.2) is 0 Å². The van der Waals surface area contributed by atoms with E-state index < -0.39 is 29.9 Å². The number of nitrogens with one attached hydrogen (secondary N) is 1. The number of esters is 1. The molecule has 12 heteroatoms. The molecule has 8 nitrogen and oxygen atoms in total. The van der Waals surface area contributed by atoms with Crippen LogP contribution in [0.2, 0.25) is 0 Å². The summed E-state index contributed by atoms with van der Waals surface area (Å²) in [7, 11) is 1.26. The van der Waals surface area contributed by atoms with Crippen molar-refractivity contribution in [3.8, 4) is 17.6 Å². The number of amides is 1. The van der Waals surface area contributed by atoms with Crippen LogP contribution in [0.15, 0.2) is 54.6 Å². The summed E-state index contributed by atoms with van der Waals surface area (Å²) in [4.78, 5) is 25.1. The van der Waals surface area contributed by atoms with Crippen LogP contribution in [0.5, 0.6) is 11.5 Å². The molecule has 5 rings (SSSR count). The number of rotatable bonds is 6. The SMILES string of the molecule is COC(=O)C[C@@H]1COc2cc(N(C(=O)C(F)(F)F)[C@@H]3COc4c(Nc5ccc(C#N)cc5F)cccc43)ccc21. The van der Waals surface area contributed by atoms with Gasteiger partial charge in [0.1, 0.15) is 23.9 Å². The zero-order chi connectivity index (χ0) is 28.6. The summed E-state index contributed by atoms with van der Waals surface area (Å²) >= 11 is 0. The number of carbonyl (C=O) groups excluding carboxylic acids is 2. The smallest absolute Gasteiger partial charge is 0.471 e. The average Bonchev–Trinajstić information content (AvgIpc) is 3.54. The Balaban J connectivity index is 1.50. The van der Waals surface area contributed by atoms with Crippen LogP contribution in [0.25, 0.3) is 0 Å². The first-order valence-corrected chi connectivity index (χ1v) is 12.1. The number of nitriles is 1. The number of carbonyl (C=O) groups is 2. The number of hydrogen-bond donors (Lipinski definition) is 1. The molecule has 0 spiro atoms. The number of benzene rings is 3. The van der Waals surface area contributed by atoms with E-state index >= 15 is 0 Å². The van der Waals surface area contributed by atoms with Crippen LogP contribution >= 0.6 is 0 Å². The largest absolute Gasteiger partial charge is 0.493 e. The summed E-state index contributed by atoms with van der Waals surface area (Å²) in [5.74, 6) is -3.18. The highest BCUT2D eigenvalue weighted by Gasteiger charge is 2.48. The minimum atomic E-state index is -5.20. The van der Waals surface area contributed by atoms with Crippen LogP contribution in [0.3, 0.4) is 0 Å². The number of para-hydroxylation sites is 1. The van der Waals surface area contributed by atoms with E-state index in [1.54, 1.807) is 12.1 Å². The molecule has 0 aromatic heterocycles. The maximum Gasteiger partial charge on any atom is 0.471 e. The highest BCUT2D eigenvalue weighted by atomic mass is 19.4. The average molecular weight is 555 g/mol. The number of hydrogen-bond acceptors (Lipinski definition) is 7. The Bertz CT molecular complexity index is 1540. The van der Waals surface area contributed by atoms with Crippen LogP contribution < -0.4 is 19.7 Å². The van der Waals surface area contributed by atoms with Crippen molar-refractivity contribution >= 4 is 28.9 Å². The normalized spacial score (nSPS) is 17.1. The Morgan fingerprint density at radius 1 is 1.07 bits per heavy atom. The van der Waals surface area contributed by atoms with E-state index in [4.69, 9.17) is 19.5 Å². The maximum atomic E-state index is 14.5. The molecule has 0 bridgehead atoms. The van der Waals surface area contributed by atoms with E-state index in [2.05, 4.69) is 5.32 Å². The first-order chi connectivity index (χ1) is 19.1. The Hall–Kier alpha value is -4.79. The predicted molar refractivity (Wildman–Crippen MR) is 134 cm³/mol. The third-order valence-corrected chi connectivity index (χ3v) is 6.73. The van der Waals surface area contributed by atoms with Gasteiger partial charge in [-0.1, -0.05) is 18.2 Å². The van der Waals surface area contributed by atoms with Crippen molar-refractivity contribution in [3.63, 3.8) is 0 Å². The van der Waals surface area contributed by atoms with Crippen LogP contribution in [0.1, 0.15) is 35.1 Å². The van der Waals surface area contributed by atoms with E-state index in [1.165, 1.54) is 43.5 Å². The highest BCUT2D eigenvalue weighted by Crippen LogP contribution is 2.46. The minimum Gasteiger partial charge on any atom is -0.493 e. The van der Waals surface area contributed by atoms with Crippen molar-refractivity contribution in [1.29, 1.82) is 5.26 Å². The zero-order valence-electron chi connectivity index (χ0n) is 20.9. The summed E-state index contributed by atoms with van der Waals surface area (Å²) in [5.41, 5.74) is 1.24. The van der Waals surface area contributed by atoms with Gasteiger partial charge in [-0.3, -0.25) is 14.5 Å². The lowest BCUT2D eigenvalue weighted by molar-refractivity contribution is -0.171. The van der Waals surface area contributed by atoms with Crippen LogP contribution in [-0.4, -0.2) is 38.4 Å². The molecule has 2 aliphatic rings. The first-order valence-electron chi connectivity index (χ1n) is 12.1. The standard InChI is InChI=1S/C28H21F4N3O5/c1-38-25(36)10-16-13-39-24-11-17(6-7-18(16)24)35(27(37)28(30,31)32)23-14-40-26-19(23)3-2-4-22(26)34-21-8-5-15(12-33)9-20(21)29/h2-9,11,16,23,34H,10,13-14H2,1H3/t16-,23-/m1/s1. The summed E-state index contributed by atoms with van der Waals surface area (Å²) in [6, 6.07) is 13.3. The zero-order valence-corrected chi connectivity index (χ0v) is 20.9. The number of ether oxygens (including phenoxy) is 3. The fraction of sp³-hybridized carbons (Fsp3) is 0.250. The third kappa shape index (κ3) is 4.98. The number of anilines is 3. The van der Waals surface area contributed by atoms with Crippen molar-refractivity contribution in [2.24, 2.45) is 0 Å². The second kappa shape index (κ2) is 10.4. The molecule has 0 radical (unpaired) electrons. The van der Waals surface area contributed by atoms with Gasteiger partial charge < -0.3 is 19.5 Å². The van der Waals surface area contributed by atoms with Crippen LogP contribution in [0.4, 0.5) is 34.6 Å². The van der Waals surface area contributed by atoms with E-state index in [1.807, 2.05) is 6.07 Å². The Morgan fingerprint density at radius 2 is 1.88 bits per heavy atom. The summed E-state index contributed by atoms with van der Waals surface area (Å²) in [6.07, 6.45) is -5.16. The van der Waals surface area contributed by atoms with Crippen molar-refractivity contribution in [2.75, 3.05) is 30.5 Å². The molecule has 40 heavy (non-hydrogen) atoms. The van der Waals surface area contributed by atoms with E-state index in [0.717, 1.165) is 6.07 Å². The number of nitrogens with zero attached hydrogens (tertiary/aromatic N) is 2. The third-order valence-electron chi connectivity index (χ3n) is 6.73. The maximum absolute atomic E-state index is 14.5. The molecular formula is C28H21F4N3O5. The lowest BCUT2D eigenvalue weighted by atomic mass is 9.97. The fourth-order valence-corrected chi connectivity index (χ4v) is 4.82. The molecular weight excluding hydrogens is 534 g/mol. The van der Waals surface area contributed by atoms with Gasteiger partial charge in [0, 0.05) is 28.8 Å². The lowest BCUT2D eigenvalue weighted by Crippen LogP contribution is -2.44. The van der Waals surface area contributed by atoms with Gasteiger partial charge in [-0.25, -0.2) is 4.39 Å². The Kier molecular flexibility index (Phi) is 6.97.